The summed E-state index contributed by atoms with van der Waals surface area (Å²) in [7, 11) is -3.40. The van der Waals surface area contributed by atoms with Crippen LogP contribution in [-0.4, -0.2) is 44.6 Å². The van der Waals surface area contributed by atoms with Gasteiger partial charge in [0.15, 0.2) is 0 Å². The van der Waals surface area contributed by atoms with E-state index in [1.54, 1.807) is 12.1 Å². The molecule has 3 rings (SSSR count). The van der Waals surface area contributed by atoms with Gasteiger partial charge in [-0.2, -0.15) is 8.78 Å². The molecular weight excluding hydrogens is 314 g/mol. The summed E-state index contributed by atoms with van der Waals surface area (Å²) in [4.78, 5) is 2.00. The number of nitrogens with zero attached hydrogens (tertiary/aromatic N) is 2. The molecule has 0 radical (unpaired) electrons. The molecule has 0 saturated carbocycles. The number of halogens is 2. The summed E-state index contributed by atoms with van der Waals surface area (Å²) >= 11 is 0. The van der Waals surface area contributed by atoms with Crippen LogP contribution in [0.5, 0.6) is 5.75 Å². The summed E-state index contributed by atoms with van der Waals surface area (Å²) in [6, 6.07) is 6.32. The average Bonchev–Trinajstić information content (AvgIpc) is 2.46. The quantitative estimate of drug-likeness (QED) is 0.852. The second-order valence-electron chi connectivity index (χ2n) is 5.36. The maximum atomic E-state index is 12.2. The van der Waals surface area contributed by atoms with Crippen molar-refractivity contribution in [1.82, 2.24) is 4.90 Å². The number of alkyl halides is 2. The Labute approximate surface area is 127 Å². The van der Waals surface area contributed by atoms with Crippen molar-refractivity contribution < 1.29 is 21.9 Å². The van der Waals surface area contributed by atoms with Crippen LogP contribution in [0.4, 0.5) is 8.78 Å². The summed E-state index contributed by atoms with van der Waals surface area (Å²) in [6.45, 7) is -1.59. The highest BCUT2D eigenvalue weighted by molar-refractivity contribution is 7.90. The standard InChI is InChI=1S/C14H16F2N2O3S/c15-14(16)21-11-5-3-10(4-6-11)12-2-1-7-18-8-9-22(19,20)17-13(12)18/h3-6,12,14H,1-2,7-9H2. The summed E-state index contributed by atoms with van der Waals surface area (Å²) < 4.78 is 56.1. The molecule has 1 fully saturated rings. The second-order valence-corrected chi connectivity index (χ2v) is 7.12. The van der Waals surface area contributed by atoms with Crippen LogP contribution in [0.1, 0.15) is 24.3 Å². The van der Waals surface area contributed by atoms with E-state index >= 15 is 0 Å². The number of sulfonamides is 1. The summed E-state index contributed by atoms with van der Waals surface area (Å²) in [5.74, 6) is 0.582. The van der Waals surface area contributed by atoms with Crippen molar-refractivity contribution in [2.45, 2.75) is 25.4 Å². The molecule has 2 aliphatic heterocycles. The third-order valence-corrected chi connectivity index (χ3v) is 5.08. The van der Waals surface area contributed by atoms with Crippen molar-refractivity contribution in [2.75, 3.05) is 18.8 Å². The molecule has 1 saturated heterocycles. The van der Waals surface area contributed by atoms with Crippen LogP contribution in [-0.2, 0) is 10.0 Å². The lowest BCUT2D eigenvalue weighted by Gasteiger charge is -2.37. The van der Waals surface area contributed by atoms with Gasteiger partial charge in [-0.1, -0.05) is 12.1 Å². The Morgan fingerprint density at radius 2 is 1.95 bits per heavy atom. The van der Waals surface area contributed by atoms with Crippen LogP contribution < -0.4 is 4.74 Å². The Kier molecular flexibility index (Phi) is 4.03. The molecule has 0 aromatic heterocycles. The predicted molar refractivity (Wildman–Crippen MR) is 77.8 cm³/mol. The zero-order valence-electron chi connectivity index (χ0n) is 11.8. The van der Waals surface area contributed by atoms with Crippen LogP contribution in [0, 0.1) is 0 Å². The first-order valence-electron chi connectivity index (χ1n) is 7.07. The highest BCUT2D eigenvalue weighted by Gasteiger charge is 2.33. The van der Waals surface area contributed by atoms with Gasteiger partial charge in [0.05, 0.1) is 5.75 Å². The van der Waals surface area contributed by atoms with Gasteiger partial charge >= 0.3 is 6.61 Å². The molecule has 1 atom stereocenters. The number of amidine groups is 1. The first-order chi connectivity index (χ1) is 10.4. The normalized spacial score (nSPS) is 23.9. The van der Waals surface area contributed by atoms with E-state index < -0.39 is 16.6 Å². The van der Waals surface area contributed by atoms with E-state index in [-0.39, 0.29) is 17.4 Å². The van der Waals surface area contributed by atoms with Crippen molar-refractivity contribution in [1.29, 1.82) is 0 Å². The molecule has 2 aliphatic rings. The smallest absolute Gasteiger partial charge is 0.387 e. The van der Waals surface area contributed by atoms with Gasteiger partial charge in [0.25, 0.3) is 10.0 Å². The zero-order valence-corrected chi connectivity index (χ0v) is 12.6. The molecule has 0 amide bonds. The van der Waals surface area contributed by atoms with Crippen molar-refractivity contribution in [2.24, 2.45) is 4.40 Å². The Hall–Kier alpha value is -1.70. The highest BCUT2D eigenvalue weighted by Crippen LogP contribution is 2.32. The fourth-order valence-corrected chi connectivity index (χ4v) is 3.98. The monoisotopic (exact) mass is 330 g/mol. The highest BCUT2D eigenvalue weighted by atomic mass is 32.2. The van der Waals surface area contributed by atoms with E-state index in [4.69, 9.17) is 0 Å². The summed E-state index contributed by atoms with van der Waals surface area (Å²) in [6.07, 6.45) is 1.74. The molecule has 8 heteroatoms. The molecule has 0 aliphatic carbocycles. The van der Waals surface area contributed by atoms with Gasteiger partial charge in [-0.15, -0.1) is 4.40 Å². The Balaban J connectivity index is 1.88. The zero-order chi connectivity index (χ0) is 15.7. The number of ether oxygens (including phenoxy) is 1. The lowest BCUT2D eigenvalue weighted by Crippen LogP contribution is -2.46. The SMILES string of the molecule is O=S1(=O)CCN2CCCC(c3ccc(OC(F)F)cc3)C2=N1. The summed E-state index contributed by atoms with van der Waals surface area (Å²) in [5, 5.41) is 0. The fourth-order valence-electron chi connectivity index (χ4n) is 2.91. The topological polar surface area (TPSA) is 59.0 Å². The van der Waals surface area contributed by atoms with Crippen molar-refractivity contribution in [3.8, 4) is 5.75 Å². The number of piperidine rings is 1. The number of fused-ring (bicyclic) bond motifs is 1. The van der Waals surface area contributed by atoms with E-state index in [1.165, 1.54) is 12.1 Å². The molecule has 1 aromatic rings. The third kappa shape index (κ3) is 3.21. The predicted octanol–water partition coefficient (Wildman–Crippen LogP) is 2.21. The average molecular weight is 330 g/mol. The van der Waals surface area contributed by atoms with E-state index in [1.807, 2.05) is 4.90 Å². The largest absolute Gasteiger partial charge is 0.435 e. The minimum Gasteiger partial charge on any atom is -0.435 e. The molecule has 0 N–H and O–H groups in total. The van der Waals surface area contributed by atoms with Crippen LogP contribution >= 0.6 is 0 Å². The van der Waals surface area contributed by atoms with Crippen LogP contribution in [0.15, 0.2) is 28.7 Å². The summed E-state index contributed by atoms with van der Waals surface area (Å²) in [5.41, 5.74) is 0.863. The maximum Gasteiger partial charge on any atom is 0.387 e. The molecule has 0 bridgehead atoms. The van der Waals surface area contributed by atoms with Gasteiger partial charge in [-0.05, 0) is 30.5 Å². The van der Waals surface area contributed by atoms with E-state index in [9.17, 15) is 17.2 Å². The van der Waals surface area contributed by atoms with Gasteiger partial charge in [-0.25, -0.2) is 8.42 Å². The van der Waals surface area contributed by atoms with E-state index in [0.717, 1.165) is 24.9 Å². The Morgan fingerprint density at radius 1 is 1.23 bits per heavy atom. The van der Waals surface area contributed by atoms with Crippen LogP contribution in [0.25, 0.3) is 0 Å². The van der Waals surface area contributed by atoms with E-state index in [0.29, 0.717) is 12.4 Å². The van der Waals surface area contributed by atoms with E-state index in [2.05, 4.69) is 9.13 Å². The molecule has 0 spiro atoms. The van der Waals surface area contributed by atoms with Gasteiger partial charge in [0.2, 0.25) is 0 Å². The number of benzene rings is 1. The van der Waals surface area contributed by atoms with Gasteiger partial charge < -0.3 is 9.64 Å². The van der Waals surface area contributed by atoms with Crippen molar-refractivity contribution in [3.05, 3.63) is 29.8 Å². The third-order valence-electron chi connectivity index (χ3n) is 3.92. The number of hydrogen-bond acceptors (Lipinski definition) is 4. The minimum absolute atomic E-state index is 0.0460. The Bertz CT molecular complexity index is 674. The Morgan fingerprint density at radius 3 is 2.64 bits per heavy atom. The second kappa shape index (κ2) is 5.83. The fraction of sp³-hybridized carbons (Fsp3) is 0.500. The molecule has 1 unspecified atom stereocenters. The molecule has 22 heavy (non-hydrogen) atoms. The first kappa shape index (κ1) is 15.2. The van der Waals surface area contributed by atoms with Gasteiger partial charge in [0, 0.05) is 19.0 Å². The van der Waals surface area contributed by atoms with Crippen LogP contribution in [0.2, 0.25) is 0 Å². The molecular formula is C14H16F2N2O3S. The molecule has 2 heterocycles. The van der Waals surface area contributed by atoms with Crippen molar-refractivity contribution >= 4 is 15.9 Å². The molecule has 120 valence electrons. The van der Waals surface area contributed by atoms with Gasteiger partial charge in [0.1, 0.15) is 11.6 Å². The number of hydrogen-bond donors (Lipinski definition) is 0. The first-order valence-corrected chi connectivity index (χ1v) is 8.68. The maximum absolute atomic E-state index is 12.2. The van der Waals surface area contributed by atoms with Gasteiger partial charge in [-0.3, -0.25) is 0 Å². The molecule has 1 aromatic carbocycles. The number of rotatable bonds is 3. The lowest BCUT2D eigenvalue weighted by atomic mass is 9.89. The lowest BCUT2D eigenvalue weighted by molar-refractivity contribution is -0.0498. The molecule has 5 nitrogen and oxygen atoms in total. The minimum atomic E-state index is -3.40. The van der Waals surface area contributed by atoms with Crippen LogP contribution in [0.3, 0.4) is 0 Å². The van der Waals surface area contributed by atoms with Crippen molar-refractivity contribution in [3.63, 3.8) is 0 Å².